The van der Waals surface area contributed by atoms with E-state index >= 15 is 0 Å². The van der Waals surface area contributed by atoms with E-state index in [1.54, 1.807) is 105 Å². The molecule has 0 saturated heterocycles. The average Bonchev–Trinajstić information content (AvgIpc) is 3.29. The van der Waals surface area contributed by atoms with Crippen molar-refractivity contribution in [2.24, 2.45) is 5.73 Å². The van der Waals surface area contributed by atoms with Crippen molar-refractivity contribution in [3.8, 4) is 0 Å². The maximum atomic E-state index is 14.9. The van der Waals surface area contributed by atoms with Gasteiger partial charge in [-0.05, 0) is 134 Å². The molecule has 2 unspecified atom stereocenters. The van der Waals surface area contributed by atoms with Crippen LogP contribution >= 0.6 is 46.4 Å². The van der Waals surface area contributed by atoms with E-state index in [1.807, 2.05) is 0 Å². The molecule has 8 rings (SSSR count). The van der Waals surface area contributed by atoms with Gasteiger partial charge in [-0.25, -0.2) is 22.4 Å². The number of carboxylic acid groups (broad SMARTS) is 1. The van der Waals surface area contributed by atoms with Crippen LogP contribution in [0.1, 0.15) is 102 Å². The van der Waals surface area contributed by atoms with Gasteiger partial charge in [-0.2, -0.15) is 0 Å². The molecular formula is C50H42Cl4F4N4O5. The van der Waals surface area contributed by atoms with E-state index in [2.05, 4.69) is 5.32 Å². The van der Waals surface area contributed by atoms with Gasteiger partial charge in [-0.15, -0.1) is 0 Å². The monoisotopic (exact) mass is 994 g/mol. The third-order valence-electron chi connectivity index (χ3n) is 10.9. The number of nitrogens with zero attached hydrogens (tertiary/aromatic N) is 2. The number of anilines is 2. The van der Waals surface area contributed by atoms with Crippen LogP contribution in [-0.2, 0) is 11.8 Å². The Bertz CT molecular complexity index is 2800. The summed E-state index contributed by atoms with van der Waals surface area (Å²) in [5.74, 6) is -8.10. The second-order valence-electron chi connectivity index (χ2n) is 15.7. The molecule has 67 heavy (non-hydrogen) atoms. The zero-order valence-corrected chi connectivity index (χ0v) is 38.8. The van der Waals surface area contributed by atoms with Crippen LogP contribution < -0.4 is 20.9 Å². The maximum absolute atomic E-state index is 14.9. The van der Waals surface area contributed by atoms with Gasteiger partial charge in [0.25, 0.3) is 29.6 Å². The summed E-state index contributed by atoms with van der Waals surface area (Å²) in [6.45, 7) is 3.28. The van der Waals surface area contributed by atoms with Crippen molar-refractivity contribution < 1.29 is 41.8 Å². The molecule has 3 amide bonds. The first-order chi connectivity index (χ1) is 31.6. The number of halogens is 8. The molecule has 2 aliphatic rings. The Hall–Kier alpha value is -5.96. The lowest BCUT2D eigenvalue weighted by Gasteiger charge is -2.35. The molecule has 0 saturated carbocycles. The molecular weight excluding hydrogens is 954 g/mol. The lowest BCUT2D eigenvalue weighted by atomic mass is 9.93. The summed E-state index contributed by atoms with van der Waals surface area (Å²) in [6, 6.07) is 33.5. The summed E-state index contributed by atoms with van der Waals surface area (Å²) in [7, 11) is 0. The van der Waals surface area contributed by atoms with Crippen molar-refractivity contribution in [3.63, 3.8) is 0 Å². The van der Waals surface area contributed by atoms with Crippen LogP contribution in [0.5, 0.6) is 0 Å². The van der Waals surface area contributed by atoms with Crippen molar-refractivity contribution in [1.82, 2.24) is 5.32 Å². The fourth-order valence-corrected chi connectivity index (χ4v) is 7.90. The Morgan fingerprint density at radius 3 is 1.40 bits per heavy atom. The van der Waals surface area contributed by atoms with Crippen molar-refractivity contribution >= 4 is 81.5 Å². The molecule has 2 atom stereocenters. The Morgan fingerprint density at radius 1 is 0.567 bits per heavy atom. The summed E-state index contributed by atoms with van der Waals surface area (Å²) in [6.07, 6.45) is -0.921. The molecule has 0 fully saturated rings. The Morgan fingerprint density at radius 2 is 0.985 bits per heavy atom. The van der Waals surface area contributed by atoms with Crippen LogP contribution in [0.25, 0.3) is 0 Å². The van der Waals surface area contributed by atoms with E-state index < -0.39 is 42.6 Å². The minimum Gasteiger partial charge on any atom is -0.478 e. The van der Waals surface area contributed by atoms with Gasteiger partial charge in [0.1, 0.15) is 0 Å². The van der Waals surface area contributed by atoms with E-state index in [0.29, 0.717) is 47.9 Å². The fourth-order valence-electron chi connectivity index (χ4n) is 7.26. The van der Waals surface area contributed by atoms with Gasteiger partial charge in [-0.3, -0.25) is 14.4 Å². The summed E-state index contributed by atoms with van der Waals surface area (Å²) < 4.78 is 58.4. The molecule has 348 valence electrons. The highest BCUT2D eigenvalue weighted by atomic mass is 35.5. The predicted octanol–water partition coefficient (Wildman–Crippen LogP) is 13.2. The number of carbonyl (C=O) groups excluding carboxylic acids is 3. The van der Waals surface area contributed by atoms with Gasteiger partial charge in [0.05, 0.1) is 23.0 Å². The number of aromatic carboxylic acids is 1. The molecule has 4 N–H and O–H groups in total. The highest BCUT2D eigenvalue weighted by Gasteiger charge is 2.43. The Labute approximate surface area is 404 Å². The van der Waals surface area contributed by atoms with E-state index in [-0.39, 0.29) is 59.0 Å². The number of fused-ring (bicyclic) bond motifs is 2. The minimum atomic E-state index is -3.10. The summed E-state index contributed by atoms with van der Waals surface area (Å²) in [4.78, 5) is 51.3. The van der Waals surface area contributed by atoms with Gasteiger partial charge in [0.15, 0.2) is 0 Å². The van der Waals surface area contributed by atoms with Crippen molar-refractivity contribution in [2.75, 3.05) is 22.9 Å². The predicted molar refractivity (Wildman–Crippen MR) is 255 cm³/mol. The number of benzene rings is 6. The number of hydrogen-bond acceptors (Lipinski definition) is 5. The number of nitrogens with two attached hydrogens (primary N) is 1. The number of nitrogens with one attached hydrogen (secondary N) is 1. The quantitative estimate of drug-likeness (QED) is 0.136. The second-order valence-corrected chi connectivity index (χ2v) is 17.4. The molecule has 0 radical (unpaired) electrons. The number of carboxylic acids is 1. The smallest absolute Gasteiger partial charge is 0.335 e. The zero-order valence-electron chi connectivity index (χ0n) is 35.8. The van der Waals surface area contributed by atoms with Crippen LogP contribution in [0.3, 0.4) is 0 Å². The van der Waals surface area contributed by atoms with Gasteiger partial charge in [-0.1, -0.05) is 70.7 Å². The van der Waals surface area contributed by atoms with Crippen LogP contribution in [0.15, 0.2) is 133 Å². The molecule has 0 spiro atoms. The maximum Gasteiger partial charge on any atom is 0.335 e. The fraction of sp³-hybridized carbons (Fsp3) is 0.200. The van der Waals surface area contributed by atoms with E-state index in [1.165, 1.54) is 52.3 Å². The van der Waals surface area contributed by atoms with Crippen molar-refractivity contribution in [2.45, 2.75) is 50.6 Å². The number of rotatable bonds is 7. The second kappa shape index (κ2) is 21.3. The van der Waals surface area contributed by atoms with Crippen LogP contribution in [-0.4, -0.2) is 41.9 Å². The Kier molecular flexibility index (Phi) is 16.1. The average molecular weight is 997 g/mol. The molecule has 0 aromatic heterocycles. The lowest BCUT2D eigenvalue weighted by molar-refractivity contribution is -0.0154. The highest BCUT2D eigenvalue weighted by molar-refractivity contribution is 6.32. The molecule has 9 nitrogen and oxygen atoms in total. The van der Waals surface area contributed by atoms with E-state index in [4.69, 9.17) is 57.2 Å². The molecule has 6 aromatic rings. The molecule has 6 aromatic carbocycles. The molecule has 2 heterocycles. The van der Waals surface area contributed by atoms with E-state index in [9.17, 15) is 36.7 Å². The van der Waals surface area contributed by atoms with Crippen LogP contribution in [0.4, 0.5) is 28.9 Å². The van der Waals surface area contributed by atoms with Crippen LogP contribution in [0.2, 0.25) is 20.1 Å². The molecule has 0 aliphatic carbocycles. The summed E-state index contributed by atoms with van der Waals surface area (Å²) in [5.41, 5.74) is 8.26. The van der Waals surface area contributed by atoms with Gasteiger partial charge >= 0.3 is 5.97 Å². The van der Waals surface area contributed by atoms with Gasteiger partial charge in [0.2, 0.25) is 0 Å². The highest BCUT2D eigenvalue weighted by Crippen LogP contribution is 2.45. The minimum absolute atomic E-state index is 0.0527. The molecule has 0 bridgehead atoms. The third kappa shape index (κ3) is 12.3. The molecule has 2 aliphatic heterocycles. The van der Waals surface area contributed by atoms with Crippen LogP contribution in [0, 0.1) is 0 Å². The van der Waals surface area contributed by atoms with Gasteiger partial charge in [0, 0.05) is 79.9 Å². The SMILES string of the molecule is CC(N)c1ccc2c(c1)C(F)(F)CCN2C(=O)c1cccc(Cl)c1.CC(NC(=O)c1ccc(Cl)cc1)c1ccc2c(c1)C(F)(F)CCN2C(=O)c1cccc(Cl)c1.O=C(O)c1ccc(Cl)cc1. The summed E-state index contributed by atoms with van der Waals surface area (Å²) >= 11 is 23.3. The first kappa shape index (κ1) is 50.5. The Balaban J connectivity index is 0.000000189. The van der Waals surface area contributed by atoms with Crippen molar-refractivity contribution in [3.05, 3.63) is 198 Å². The topological polar surface area (TPSA) is 133 Å². The number of carbonyl (C=O) groups is 4. The number of hydrogen-bond donors (Lipinski definition) is 3. The first-order valence-electron chi connectivity index (χ1n) is 20.7. The lowest BCUT2D eigenvalue weighted by Crippen LogP contribution is -2.40. The number of amides is 3. The third-order valence-corrected chi connectivity index (χ3v) is 11.9. The first-order valence-corrected chi connectivity index (χ1v) is 22.2. The largest absolute Gasteiger partial charge is 0.478 e. The van der Waals surface area contributed by atoms with Gasteiger partial charge < -0.3 is 26.0 Å². The molecule has 17 heteroatoms. The van der Waals surface area contributed by atoms with E-state index in [0.717, 1.165) is 0 Å². The number of alkyl halides is 4. The van der Waals surface area contributed by atoms with Crippen molar-refractivity contribution in [1.29, 1.82) is 0 Å². The standard InChI is InChI=1S/C25H20Cl2F2N2O2.C18H17ClF2N2O.C7H5ClO2/c1-15(30-23(32)16-5-8-19(26)9-6-16)17-7-10-22-21(14-17)25(28,29)11-12-31(22)24(33)18-3-2-4-20(27)13-18;1-11(22)12-5-6-16-15(10-12)18(20,21)7-8-23(16)17(24)13-3-2-4-14(19)9-13;8-6-3-1-5(2-4-6)7(9)10/h2-10,13-15H,11-12H2,1H3,(H,30,32);2-6,9-11H,7-8,22H2,1H3;1-4H,(H,9,10). The normalized spacial score (nSPS) is 15.2. The zero-order chi connectivity index (χ0) is 48.8. The summed E-state index contributed by atoms with van der Waals surface area (Å²) in [5, 5.41) is 13.1.